The highest BCUT2D eigenvalue weighted by atomic mass is 19.4. The minimum Gasteiger partial charge on any atom is -0.508 e. The van der Waals surface area contributed by atoms with E-state index in [0.717, 1.165) is 31.2 Å². The minimum absolute atomic E-state index is 0.0831. The number of phenols is 1. The molecule has 5 heteroatoms. The molecule has 0 aliphatic carbocycles. The fraction of sp³-hybridized carbons (Fsp3) is 0.400. The van der Waals surface area contributed by atoms with E-state index in [1.165, 1.54) is 0 Å². The fourth-order valence-corrected chi connectivity index (χ4v) is 1.56. The predicted molar refractivity (Wildman–Crippen MR) is 48.5 cm³/mol. The van der Waals surface area contributed by atoms with Crippen LogP contribution in [0.3, 0.4) is 0 Å². The summed E-state index contributed by atoms with van der Waals surface area (Å²) in [4.78, 5) is 0. The quantitative estimate of drug-likeness (QED) is 0.757. The van der Waals surface area contributed by atoms with Crippen molar-refractivity contribution in [2.24, 2.45) is 0 Å². The van der Waals surface area contributed by atoms with Crippen LogP contribution in [0.15, 0.2) is 18.2 Å². The van der Waals surface area contributed by atoms with Gasteiger partial charge in [-0.1, -0.05) is 0 Å². The van der Waals surface area contributed by atoms with Crippen molar-refractivity contribution >= 4 is 0 Å². The van der Waals surface area contributed by atoms with Gasteiger partial charge in [-0.15, -0.1) is 0 Å². The van der Waals surface area contributed by atoms with Crippen LogP contribution in [-0.2, 0) is 6.18 Å². The van der Waals surface area contributed by atoms with Gasteiger partial charge >= 0.3 is 6.18 Å². The highest BCUT2D eigenvalue weighted by molar-refractivity contribution is 5.40. The van der Waals surface area contributed by atoms with Crippen molar-refractivity contribution in [1.29, 1.82) is 0 Å². The zero-order valence-electron chi connectivity index (χ0n) is 7.80. The second kappa shape index (κ2) is 3.41. The van der Waals surface area contributed by atoms with E-state index < -0.39 is 11.7 Å². The number of hydrogen-bond donors (Lipinski definition) is 2. The van der Waals surface area contributed by atoms with E-state index in [9.17, 15) is 18.3 Å². The molecule has 1 aromatic rings. The molecule has 2 rings (SSSR count). The van der Waals surface area contributed by atoms with Crippen LogP contribution in [0.4, 0.5) is 13.2 Å². The Labute approximate surface area is 84.7 Å². The summed E-state index contributed by atoms with van der Waals surface area (Å²) in [6.07, 6.45) is -3.60. The molecule has 2 N–H and O–H groups in total. The second-order valence-corrected chi connectivity index (χ2v) is 3.57. The number of nitrogens with one attached hydrogen (secondary N) is 1. The Hall–Kier alpha value is -1.23. The molecule has 1 aromatic carbocycles. The lowest BCUT2D eigenvalue weighted by Crippen LogP contribution is -2.35. The average Bonchev–Trinajstić information content (AvgIpc) is 2.03. The molecule has 1 saturated heterocycles. The molecule has 82 valence electrons. The Balaban J connectivity index is 2.36. The molecule has 1 atom stereocenters. The van der Waals surface area contributed by atoms with Gasteiger partial charge in [-0.25, -0.2) is 0 Å². The molecule has 1 aliphatic heterocycles. The van der Waals surface area contributed by atoms with Gasteiger partial charge in [0.1, 0.15) is 5.75 Å². The number of benzene rings is 1. The molecule has 1 heterocycles. The van der Waals surface area contributed by atoms with Crippen LogP contribution in [0.5, 0.6) is 5.75 Å². The summed E-state index contributed by atoms with van der Waals surface area (Å²) in [5, 5.41) is 12.4. The van der Waals surface area contributed by atoms with E-state index in [2.05, 4.69) is 5.32 Å². The third-order valence-corrected chi connectivity index (χ3v) is 2.55. The number of rotatable bonds is 1. The Morgan fingerprint density at radius 2 is 2.00 bits per heavy atom. The Morgan fingerprint density at radius 1 is 1.33 bits per heavy atom. The molecule has 0 saturated carbocycles. The van der Waals surface area contributed by atoms with E-state index in [1.807, 2.05) is 0 Å². The third kappa shape index (κ3) is 1.92. The molecule has 1 aliphatic rings. The molecule has 15 heavy (non-hydrogen) atoms. The van der Waals surface area contributed by atoms with Gasteiger partial charge in [-0.3, -0.25) is 0 Å². The highest BCUT2D eigenvalue weighted by Gasteiger charge is 2.32. The normalized spacial score (nSPS) is 21.1. The van der Waals surface area contributed by atoms with Crippen molar-refractivity contribution in [2.45, 2.75) is 18.6 Å². The van der Waals surface area contributed by atoms with Crippen molar-refractivity contribution in [2.75, 3.05) is 6.54 Å². The maximum atomic E-state index is 12.4. The Kier molecular flexibility index (Phi) is 2.34. The lowest BCUT2D eigenvalue weighted by molar-refractivity contribution is -0.137. The number of hydrogen-bond acceptors (Lipinski definition) is 2. The maximum absolute atomic E-state index is 12.4. The molecule has 0 radical (unpaired) electrons. The highest BCUT2D eigenvalue weighted by Crippen LogP contribution is 2.36. The van der Waals surface area contributed by atoms with Crippen LogP contribution in [0.1, 0.15) is 23.6 Å². The zero-order chi connectivity index (χ0) is 11.1. The molecule has 0 bridgehead atoms. The van der Waals surface area contributed by atoms with E-state index >= 15 is 0 Å². The zero-order valence-corrected chi connectivity index (χ0v) is 7.80. The summed E-state index contributed by atoms with van der Waals surface area (Å²) in [5.74, 6) is -0.0831. The molecule has 0 unspecified atom stereocenters. The molecular weight excluding hydrogens is 207 g/mol. The smallest absolute Gasteiger partial charge is 0.416 e. The molecule has 2 nitrogen and oxygen atoms in total. The summed E-state index contributed by atoms with van der Waals surface area (Å²) in [6.45, 7) is 0.778. The molecule has 0 spiro atoms. The van der Waals surface area contributed by atoms with Gasteiger partial charge < -0.3 is 10.4 Å². The maximum Gasteiger partial charge on any atom is 0.416 e. The van der Waals surface area contributed by atoms with E-state index in [0.29, 0.717) is 5.56 Å². The first-order valence-corrected chi connectivity index (χ1v) is 4.62. The van der Waals surface area contributed by atoms with E-state index in [4.69, 9.17) is 0 Å². The van der Waals surface area contributed by atoms with Gasteiger partial charge in [-0.2, -0.15) is 13.2 Å². The SMILES string of the molecule is Oc1ccc(C(F)(F)F)cc1[C@H]1CCN1. The van der Waals surface area contributed by atoms with E-state index in [-0.39, 0.29) is 11.8 Å². The van der Waals surface area contributed by atoms with Crippen LogP contribution in [0.25, 0.3) is 0 Å². The summed E-state index contributed by atoms with van der Waals surface area (Å²) in [6, 6.07) is 2.84. The van der Waals surface area contributed by atoms with Crippen LogP contribution < -0.4 is 5.32 Å². The Morgan fingerprint density at radius 3 is 2.47 bits per heavy atom. The van der Waals surface area contributed by atoms with Crippen molar-refractivity contribution in [3.8, 4) is 5.75 Å². The second-order valence-electron chi connectivity index (χ2n) is 3.57. The van der Waals surface area contributed by atoms with Crippen molar-refractivity contribution in [1.82, 2.24) is 5.32 Å². The first kappa shape index (κ1) is 10.3. The van der Waals surface area contributed by atoms with Crippen molar-refractivity contribution in [3.63, 3.8) is 0 Å². The summed E-state index contributed by atoms with van der Waals surface area (Å²) in [5.41, 5.74) is -0.389. The first-order chi connectivity index (χ1) is 6.98. The van der Waals surface area contributed by atoms with Crippen LogP contribution >= 0.6 is 0 Å². The minimum atomic E-state index is -4.35. The largest absolute Gasteiger partial charge is 0.508 e. The van der Waals surface area contributed by atoms with Gasteiger partial charge in [0.2, 0.25) is 0 Å². The molecule has 0 aromatic heterocycles. The molecular formula is C10H10F3NO. The number of aromatic hydroxyl groups is 1. The number of halogens is 3. The summed E-state index contributed by atoms with van der Waals surface area (Å²) in [7, 11) is 0. The first-order valence-electron chi connectivity index (χ1n) is 4.62. The van der Waals surface area contributed by atoms with Gasteiger partial charge in [-0.05, 0) is 31.2 Å². The van der Waals surface area contributed by atoms with Gasteiger partial charge in [0.05, 0.1) is 5.56 Å². The van der Waals surface area contributed by atoms with Gasteiger partial charge in [0.15, 0.2) is 0 Å². The fourth-order valence-electron chi connectivity index (χ4n) is 1.56. The monoisotopic (exact) mass is 217 g/mol. The Bertz CT molecular complexity index is 371. The molecule has 1 fully saturated rings. The third-order valence-electron chi connectivity index (χ3n) is 2.55. The summed E-state index contributed by atoms with van der Waals surface area (Å²) < 4.78 is 37.1. The predicted octanol–water partition coefficient (Wildman–Crippen LogP) is 2.45. The van der Waals surface area contributed by atoms with E-state index in [1.54, 1.807) is 0 Å². The van der Waals surface area contributed by atoms with Crippen molar-refractivity contribution < 1.29 is 18.3 Å². The average molecular weight is 217 g/mol. The topological polar surface area (TPSA) is 32.3 Å². The lowest BCUT2D eigenvalue weighted by atomic mass is 9.95. The number of alkyl halides is 3. The van der Waals surface area contributed by atoms with Crippen LogP contribution in [-0.4, -0.2) is 11.7 Å². The summed E-state index contributed by atoms with van der Waals surface area (Å²) >= 11 is 0. The standard InChI is InChI=1S/C10H10F3NO/c11-10(12,13)6-1-2-9(15)7(5-6)8-3-4-14-8/h1-2,5,8,14-15H,3-4H2/t8-/m1/s1. The lowest BCUT2D eigenvalue weighted by Gasteiger charge is -2.29. The van der Waals surface area contributed by atoms with Crippen LogP contribution in [0, 0.1) is 0 Å². The van der Waals surface area contributed by atoms with Gasteiger partial charge in [0.25, 0.3) is 0 Å². The van der Waals surface area contributed by atoms with Crippen LogP contribution in [0.2, 0.25) is 0 Å². The van der Waals surface area contributed by atoms with Gasteiger partial charge in [0, 0.05) is 11.6 Å². The number of phenolic OH excluding ortho intramolecular Hbond substituents is 1. The van der Waals surface area contributed by atoms with Crippen molar-refractivity contribution in [3.05, 3.63) is 29.3 Å². The molecule has 0 amide bonds.